The van der Waals surface area contributed by atoms with E-state index in [4.69, 9.17) is 5.73 Å². The van der Waals surface area contributed by atoms with Gasteiger partial charge in [0.1, 0.15) is 5.82 Å². The molecule has 0 aliphatic carbocycles. The van der Waals surface area contributed by atoms with E-state index in [1.165, 1.54) is 6.07 Å². The maximum Gasteiger partial charge on any atom is 0.146 e. The third-order valence-corrected chi connectivity index (χ3v) is 2.76. The van der Waals surface area contributed by atoms with Gasteiger partial charge in [0.05, 0.1) is 5.69 Å². The molecule has 0 aliphatic rings. The van der Waals surface area contributed by atoms with E-state index in [2.05, 4.69) is 32.6 Å². The lowest BCUT2D eigenvalue weighted by Crippen LogP contribution is -2.35. The molecule has 0 radical (unpaired) electrons. The zero-order valence-electron chi connectivity index (χ0n) is 11.2. The standard InChI is InChI=1S/C14H23FN2/c1-10(2)9-17(11(3)4)14-12(8-16)6-5-7-13(14)15/h5-7,10-11H,8-9,16H2,1-4H3. The number of rotatable bonds is 5. The minimum Gasteiger partial charge on any atom is -0.366 e. The largest absolute Gasteiger partial charge is 0.366 e. The molecule has 1 rings (SSSR count). The molecule has 1 aromatic rings. The molecule has 0 bridgehead atoms. The highest BCUT2D eigenvalue weighted by atomic mass is 19.1. The van der Waals surface area contributed by atoms with E-state index in [0.717, 1.165) is 12.1 Å². The summed E-state index contributed by atoms with van der Waals surface area (Å²) < 4.78 is 14.0. The molecule has 0 saturated carbocycles. The van der Waals surface area contributed by atoms with Gasteiger partial charge in [-0.3, -0.25) is 0 Å². The zero-order valence-corrected chi connectivity index (χ0v) is 11.2. The summed E-state index contributed by atoms with van der Waals surface area (Å²) in [5.41, 5.74) is 7.23. The summed E-state index contributed by atoms with van der Waals surface area (Å²) in [7, 11) is 0. The van der Waals surface area contributed by atoms with Crippen LogP contribution in [0.1, 0.15) is 33.3 Å². The molecule has 96 valence electrons. The molecule has 0 spiro atoms. The highest BCUT2D eigenvalue weighted by Gasteiger charge is 2.18. The number of para-hydroxylation sites is 1. The summed E-state index contributed by atoms with van der Waals surface area (Å²) in [5.74, 6) is 0.310. The van der Waals surface area contributed by atoms with Crippen molar-refractivity contribution in [3.05, 3.63) is 29.6 Å². The van der Waals surface area contributed by atoms with E-state index in [1.807, 2.05) is 6.07 Å². The molecule has 2 nitrogen and oxygen atoms in total. The van der Waals surface area contributed by atoms with Crippen LogP contribution in [0.2, 0.25) is 0 Å². The molecule has 3 heteroatoms. The van der Waals surface area contributed by atoms with Gasteiger partial charge >= 0.3 is 0 Å². The number of nitrogens with zero attached hydrogens (tertiary/aromatic N) is 1. The second kappa shape index (κ2) is 6.01. The highest BCUT2D eigenvalue weighted by molar-refractivity contribution is 5.55. The number of anilines is 1. The van der Waals surface area contributed by atoms with Crippen LogP contribution in [-0.4, -0.2) is 12.6 Å². The summed E-state index contributed by atoms with van der Waals surface area (Å²) in [6.07, 6.45) is 0. The lowest BCUT2D eigenvalue weighted by Gasteiger charge is -2.32. The zero-order chi connectivity index (χ0) is 13.0. The van der Waals surface area contributed by atoms with Crippen molar-refractivity contribution in [2.45, 2.75) is 40.3 Å². The van der Waals surface area contributed by atoms with Gasteiger partial charge in [-0.2, -0.15) is 0 Å². The molecule has 0 aromatic heterocycles. The second-order valence-corrected chi connectivity index (χ2v) is 5.09. The van der Waals surface area contributed by atoms with Crippen LogP contribution in [0.3, 0.4) is 0 Å². The number of benzene rings is 1. The van der Waals surface area contributed by atoms with E-state index >= 15 is 0 Å². The van der Waals surface area contributed by atoms with Crippen molar-refractivity contribution in [2.75, 3.05) is 11.4 Å². The Morgan fingerprint density at radius 2 is 1.88 bits per heavy atom. The Labute approximate surface area is 104 Å². The van der Waals surface area contributed by atoms with Crippen LogP contribution >= 0.6 is 0 Å². The van der Waals surface area contributed by atoms with E-state index in [0.29, 0.717) is 18.2 Å². The minimum absolute atomic E-state index is 0.178. The van der Waals surface area contributed by atoms with Gasteiger partial charge in [0.25, 0.3) is 0 Å². The van der Waals surface area contributed by atoms with E-state index in [-0.39, 0.29) is 11.9 Å². The van der Waals surface area contributed by atoms with Crippen molar-refractivity contribution in [2.24, 2.45) is 11.7 Å². The SMILES string of the molecule is CC(C)CN(c1c(F)cccc1CN)C(C)C. The van der Waals surface area contributed by atoms with Crippen LogP contribution in [0.15, 0.2) is 18.2 Å². The van der Waals surface area contributed by atoms with Gasteiger partial charge in [0.2, 0.25) is 0 Å². The van der Waals surface area contributed by atoms with Crippen LogP contribution in [-0.2, 0) is 6.54 Å². The van der Waals surface area contributed by atoms with Gasteiger partial charge < -0.3 is 10.6 Å². The van der Waals surface area contributed by atoms with Gasteiger partial charge in [-0.1, -0.05) is 26.0 Å². The summed E-state index contributed by atoms with van der Waals surface area (Å²) >= 11 is 0. The van der Waals surface area contributed by atoms with Crippen molar-refractivity contribution in [1.29, 1.82) is 0 Å². The minimum atomic E-state index is -0.178. The molecular weight excluding hydrogens is 215 g/mol. The maximum absolute atomic E-state index is 14.0. The van der Waals surface area contributed by atoms with E-state index in [9.17, 15) is 4.39 Å². The van der Waals surface area contributed by atoms with Crippen molar-refractivity contribution in [3.63, 3.8) is 0 Å². The molecule has 0 saturated heterocycles. The molecule has 1 aromatic carbocycles. The monoisotopic (exact) mass is 238 g/mol. The summed E-state index contributed by atoms with van der Waals surface area (Å²) in [4.78, 5) is 2.10. The summed E-state index contributed by atoms with van der Waals surface area (Å²) in [6.45, 7) is 9.64. The average molecular weight is 238 g/mol. The molecular formula is C14H23FN2. The number of halogens is 1. The first-order chi connectivity index (χ1) is 7.97. The number of nitrogens with two attached hydrogens (primary N) is 1. The second-order valence-electron chi connectivity index (χ2n) is 5.09. The Balaban J connectivity index is 3.17. The Kier molecular flexibility index (Phi) is 4.94. The fraction of sp³-hybridized carbons (Fsp3) is 0.571. The van der Waals surface area contributed by atoms with Crippen LogP contribution in [0, 0.1) is 11.7 Å². The lowest BCUT2D eigenvalue weighted by molar-refractivity contribution is 0.547. The van der Waals surface area contributed by atoms with E-state index < -0.39 is 0 Å². The molecule has 17 heavy (non-hydrogen) atoms. The average Bonchev–Trinajstić information content (AvgIpc) is 2.25. The Bertz CT molecular complexity index is 361. The molecule has 0 heterocycles. The first kappa shape index (κ1) is 14.0. The van der Waals surface area contributed by atoms with Gasteiger partial charge in [-0.25, -0.2) is 4.39 Å². The fourth-order valence-electron chi connectivity index (χ4n) is 2.00. The van der Waals surface area contributed by atoms with Crippen molar-refractivity contribution in [1.82, 2.24) is 0 Å². The predicted octanol–water partition coefficient (Wildman–Crippen LogP) is 3.16. The van der Waals surface area contributed by atoms with Crippen LogP contribution in [0.5, 0.6) is 0 Å². The van der Waals surface area contributed by atoms with Gasteiger partial charge in [0.15, 0.2) is 0 Å². The molecule has 0 unspecified atom stereocenters. The topological polar surface area (TPSA) is 29.3 Å². The van der Waals surface area contributed by atoms with Gasteiger partial charge in [0, 0.05) is 19.1 Å². The normalized spacial score (nSPS) is 11.3. The quantitative estimate of drug-likeness (QED) is 0.853. The third-order valence-electron chi connectivity index (χ3n) is 2.76. The highest BCUT2D eigenvalue weighted by Crippen LogP contribution is 2.26. The summed E-state index contributed by atoms with van der Waals surface area (Å²) in [6, 6.07) is 5.38. The summed E-state index contributed by atoms with van der Waals surface area (Å²) in [5, 5.41) is 0. The van der Waals surface area contributed by atoms with Crippen LogP contribution in [0.4, 0.5) is 10.1 Å². The van der Waals surface area contributed by atoms with Gasteiger partial charge in [-0.15, -0.1) is 0 Å². The van der Waals surface area contributed by atoms with Crippen LogP contribution in [0.25, 0.3) is 0 Å². The van der Waals surface area contributed by atoms with Crippen molar-refractivity contribution < 1.29 is 4.39 Å². The molecule has 0 aliphatic heterocycles. The predicted molar refractivity (Wildman–Crippen MR) is 71.6 cm³/mol. The Morgan fingerprint density at radius 3 is 2.35 bits per heavy atom. The van der Waals surface area contributed by atoms with Gasteiger partial charge in [-0.05, 0) is 31.4 Å². The molecule has 0 amide bonds. The van der Waals surface area contributed by atoms with Crippen molar-refractivity contribution in [3.8, 4) is 0 Å². The maximum atomic E-state index is 14.0. The smallest absolute Gasteiger partial charge is 0.146 e. The first-order valence-corrected chi connectivity index (χ1v) is 6.21. The van der Waals surface area contributed by atoms with Crippen molar-refractivity contribution >= 4 is 5.69 Å². The third kappa shape index (κ3) is 3.43. The number of hydrogen-bond donors (Lipinski definition) is 1. The molecule has 2 N–H and O–H groups in total. The van der Waals surface area contributed by atoms with E-state index in [1.54, 1.807) is 6.07 Å². The van der Waals surface area contributed by atoms with Crippen LogP contribution < -0.4 is 10.6 Å². The number of hydrogen-bond acceptors (Lipinski definition) is 2. The first-order valence-electron chi connectivity index (χ1n) is 6.21. The molecule has 0 atom stereocenters. The Morgan fingerprint density at radius 1 is 1.24 bits per heavy atom. The lowest BCUT2D eigenvalue weighted by atomic mass is 10.1. The molecule has 0 fully saturated rings. The Hall–Kier alpha value is -1.09. The fourth-order valence-corrected chi connectivity index (χ4v) is 2.00.